The summed E-state index contributed by atoms with van der Waals surface area (Å²) in [6.07, 6.45) is -4.70. The van der Waals surface area contributed by atoms with E-state index in [-0.39, 0.29) is 11.4 Å². The van der Waals surface area contributed by atoms with Gasteiger partial charge in [-0.1, -0.05) is 0 Å². The van der Waals surface area contributed by atoms with Gasteiger partial charge in [-0.05, 0) is 37.3 Å². The van der Waals surface area contributed by atoms with E-state index in [2.05, 4.69) is 10.6 Å². The molecule has 1 heterocycles. The van der Waals surface area contributed by atoms with Crippen molar-refractivity contribution >= 4 is 23.2 Å². The molecule has 2 rings (SSSR count). The molecule has 0 radical (unpaired) electrons. The SMILES string of the molecule is CC(=O)Nc1ccc(NC(=O)c2ccc(C)o2)c(C(F)(F)F)c1. The number of hydrogen-bond donors (Lipinski definition) is 2. The van der Waals surface area contributed by atoms with Crippen LogP contribution >= 0.6 is 0 Å². The molecule has 2 amide bonds. The highest BCUT2D eigenvalue weighted by atomic mass is 19.4. The van der Waals surface area contributed by atoms with Crippen LogP contribution in [0.2, 0.25) is 0 Å². The van der Waals surface area contributed by atoms with Gasteiger partial charge in [0.2, 0.25) is 5.91 Å². The first kappa shape index (κ1) is 16.6. The molecular weight excluding hydrogens is 313 g/mol. The van der Waals surface area contributed by atoms with Crippen molar-refractivity contribution < 1.29 is 27.2 Å². The van der Waals surface area contributed by atoms with Crippen LogP contribution in [0.15, 0.2) is 34.7 Å². The van der Waals surface area contributed by atoms with Crippen molar-refractivity contribution in [1.82, 2.24) is 0 Å². The number of benzene rings is 1. The maximum Gasteiger partial charge on any atom is 0.418 e. The van der Waals surface area contributed by atoms with Crippen LogP contribution in [0.1, 0.15) is 28.8 Å². The van der Waals surface area contributed by atoms with Crippen LogP contribution < -0.4 is 10.6 Å². The monoisotopic (exact) mass is 326 g/mol. The predicted molar refractivity (Wildman–Crippen MR) is 77.1 cm³/mol. The van der Waals surface area contributed by atoms with Crippen molar-refractivity contribution in [3.63, 3.8) is 0 Å². The fraction of sp³-hybridized carbons (Fsp3) is 0.200. The highest BCUT2D eigenvalue weighted by Crippen LogP contribution is 2.36. The van der Waals surface area contributed by atoms with E-state index in [1.54, 1.807) is 6.92 Å². The van der Waals surface area contributed by atoms with Crippen LogP contribution in [0.3, 0.4) is 0 Å². The summed E-state index contributed by atoms with van der Waals surface area (Å²) in [7, 11) is 0. The van der Waals surface area contributed by atoms with Gasteiger partial charge in [-0.2, -0.15) is 13.2 Å². The minimum atomic E-state index is -4.70. The van der Waals surface area contributed by atoms with Gasteiger partial charge >= 0.3 is 6.18 Å². The molecule has 5 nitrogen and oxygen atoms in total. The third kappa shape index (κ3) is 4.12. The Morgan fingerprint density at radius 2 is 1.78 bits per heavy atom. The summed E-state index contributed by atoms with van der Waals surface area (Å²) in [6.45, 7) is 2.79. The number of nitrogens with one attached hydrogen (secondary N) is 2. The zero-order valence-corrected chi connectivity index (χ0v) is 12.2. The summed E-state index contributed by atoms with van der Waals surface area (Å²) in [5.41, 5.74) is -1.51. The third-order valence-corrected chi connectivity index (χ3v) is 2.86. The number of aryl methyl sites for hydroxylation is 1. The Kier molecular flexibility index (Phi) is 4.44. The molecule has 1 aromatic carbocycles. The van der Waals surface area contributed by atoms with E-state index in [1.165, 1.54) is 25.1 Å². The van der Waals surface area contributed by atoms with Gasteiger partial charge in [0.15, 0.2) is 5.76 Å². The maximum absolute atomic E-state index is 13.1. The average Bonchev–Trinajstić information content (AvgIpc) is 2.85. The van der Waals surface area contributed by atoms with E-state index in [9.17, 15) is 22.8 Å². The number of furan rings is 1. The Balaban J connectivity index is 2.33. The van der Waals surface area contributed by atoms with Gasteiger partial charge in [-0.25, -0.2) is 0 Å². The number of halogens is 3. The minimum Gasteiger partial charge on any atom is -0.456 e. The molecule has 0 atom stereocenters. The van der Waals surface area contributed by atoms with Crippen molar-refractivity contribution in [2.24, 2.45) is 0 Å². The summed E-state index contributed by atoms with van der Waals surface area (Å²) in [5.74, 6) is -0.925. The molecular formula is C15H13F3N2O3. The fourth-order valence-electron chi connectivity index (χ4n) is 1.91. The first-order valence-corrected chi connectivity index (χ1v) is 6.53. The zero-order valence-electron chi connectivity index (χ0n) is 12.2. The van der Waals surface area contributed by atoms with Crippen LogP contribution in [0.4, 0.5) is 24.5 Å². The molecule has 0 aliphatic heterocycles. The van der Waals surface area contributed by atoms with Crippen molar-refractivity contribution in [3.05, 3.63) is 47.4 Å². The topological polar surface area (TPSA) is 71.3 Å². The molecule has 0 saturated carbocycles. The van der Waals surface area contributed by atoms with Gasteiger partial charge in [0.25, 0.3) is 5.91 Å². The van der Waals surface area contributed by atoms with Crippen LogP contribution in [-0.4, -0.2) is 11.8 Å². The molecule has 2 N–H and O–H groups in total. The molecule has 1 aromatic heterocycles. The Hall–Kier alpha value is -2.77. The lowest BCUT2D eigenvalue weighted by Crippen LogP contribution is -2.17. The molecule has 0 spiro atoms. The average molecular weight is 326 g/mol. The van der Waals surface area contributed by atoms with Gasteiger partial charge in [0.1, 0.15) is 5.76 Å². The van der Waals surface area contributed by atoms with E-state index in [1.807, 2.05) is 0 Å². The van der Waals surface area contributed by atoms with Gasteiger partial charge in [-0.3, -0.25) is 9.59 Å². The first-order chi connectivity index (χ1) is 10.7. The van der Waals surface area contributed by atoms with Crippen molar-refractivity contribution in [3.8, 4) is 0 Å². The molecule has 122 valence electrons. The lowest BCUT2D eigenvalue weighted by Gasteiger charge is -2.15. The van der Waals surface area contributed by atoms with Gasteiger partial charge in [0, 0.05) is 12.6 Å². The van der Waals surface area contributed by atoms with Gasteiger partial charge < -0.3 is 15.1 Å². The van der Waals surface area contributed by atoms with Crippen molar-refractivity contribution in [1.29, 1.82) is 0 Å². The van der Waals surface area contributed by atoms with E-state index < -0.39 is 29.2 Å². The van der Waals surface area contributed by atoms with E-state index >= 15 is 0 Å². The lowest BCUT2D eigenvalue weighted by molar-refractivity contribution is -0.137. The minimum absolute atomic E-state index is 0.0170. The summed E-state index contributed by atoms with van der Waals surface area (Å²) >= 11 is 0. The normalized spacial score (nSPS) is 11.2. The summed E-state index contributed by atoms with van der Waals surface area (Å²) in [5, 5.41) is 4.42. The highest BCUT2D eigenvalue weighted by molar-refractivity contribution is 6.03. The number of hydrogen-bond acceptors (Lipinski definition) is 3. The summed E-state index contributed by atoms with van der Waals surface area (Å²) < 4.78 is 44.5. The van der Waals surface area contributed by atoms with Gasteiger partial charge in [-0.15, -0.1) is 0 Å². The molecule has 0 unspecified atom stereocenters. The molecule has 0 aliphatic carbocycles. The Labute approximate surface area is 129 Å². The van der Waals surface area contributed by atoms with E-state index in [0.29, 0.717) is 5.76 Å². The van der Waals surface area contributed by atoms with Crippen LogP contribution in [0, 0.1) is 6.92 Å². The number of carbonyl (C=O) groups excluding carboxylic acids is 2. The first-order valence-electron chi connectivity index (χ1n) is 6.53. The van der Waals surface area contributed by atoms with Crippen LogP contribution in [0.25, 0.3) is 0 Å². The molecule has 0 saturated heterocycles. The molecule has 2 aromatic rings. The fourth-order valence-corrected chi connectivity index (χ4v) is 1.91. The smallest absolute Gasteiger partial charge is 0.418 e. The van der Waals surface area contributed by atoms with E-state index in [0.717, 1.165) is 12.1 Å². The number of anilines is 2. The largest absolute Gasteiger partial charge is 0.456 e. The summed E-state index contributed by atoms with van der Waals surface area (Å²) in [4.78, 5) is 22.9. The number of alkyl halides is 3. The quantitative estimate of drug-likeness (QED) is 0.901. The second kappa shape index (κ2) is 6.15. The lowest BCUT2D eigenvalue weighted by atomic mass is 10.1. The predicted octanol–water partition coefficient (Wildman–Crippen LogP) is 3.82. The Morgan fingerprint density at radius 1 is 1.09 bits per heavy atom. The van der Waals surface area contributed by atoms with Crippen molar-refractivity contribution in [2.75, 3.05) is 10.6 Å². The molecule has 0 aliphatic rings. The molecule has 0 fully saturated rings. The number of carbonyl (C=O) groups is 2. The highest BCUT2D eigenvalue weighted by Gasteiger charge is 2.34. The summed E-state index contributed by atoms with van der Waals surface area (Å²) in [6, 6.07) is 5.98. The van der Waals surface area contributed by atoms with Crippen LogP contribution in [0.5, 0.6) is 0 Å². The zero-order chi connectivity index (χ0) is 17.2. The third-order valence-electron chi connectivity index (χ3n) is 2.86. The second-order valence-electron chi connectivity index (χ2n) is 4.80. The maximum atomic E-state index is 13.1. The Morgan fingerprint density at radius 3 is 2.30 bits per heavy atom. The van der Waals surface area contributed by atoms with Crippen LogP contribution in [-0.2, 0) is 11.0 Å². The standard InChI is InChI=1S/C15H13F3N2O3/c1-8-3-6-13(23-8)14(22)20-12-5-4-10(19-9(2)21)7-11(12)15(16,17)18/h3-7H,1-2H3,(H,19,21)(H,20,22). The van der Waals surface area contributed by atoms with Gasteiger partial charge in [0.05, 0.1) is 11.3 Å². The number of rotatable bonds is 3. The second-order valence-corrected chi connectivity index (χ2v) is 4.80. The molecule has 8 heteroatoms. The molecule has 23 heavy (non-hydrogen) atoms. The Bertz CT molecular complexity index is 751. The van der Waals surface area contributed by atoms with E-state index in [4.69, 9.17) is 4.42 Å². The van der Waals surface area contributed by atoms with Crippen molar-refractivity contribution in [2.45, 2.75) is 20.0 Å². The molecule has 0 bridgehead atoms. The number of amides is 2.